The quantitative estimate of drug-likeness (QED) is 0.778. The number of amides is 1. The zero-order valence-corrected chi connectivity index (χ0v) is 12.8. The van der Waals surface area contributed by atoms with Gasteiger partial charge in [0.15, 0.2) is 6.61 Å². The van der Waals surface area contributed by atoms with Crippen molar-refractivity contribution in [3.63, 3.8) is 0 Å². The Labute approximate surface area is 137 Å². The highest BCUT2D eigenvalue weighted by atomic mass is 19.1. The van der Waals surface area contributed by atoms with Gasteiger partial charge in [-0.2, -0.15) is 0 Å². The number of carbonyl (C=O) groups is 1. The van der Waals surface area contributed by atoms with Crippen molar-refractivity contribution in [3.8, 4) is 17.2 Å². The van der Waals surface area contributed by atoms with E-state index in [1.165, 1.54) is 12.5 Å². The predicted molar refractivity (Wildman–Crippen MR) is 85.0 cm³/mol. The average Bonchev–Trinajstić information content (AvgIpc) is 3.11. The Balaban J connectivity index is 1.55. The number of ether oxygens (including phenoxy) is 1. The summed E-state index contributed by atoms with van der Waals surface area (Å²) in [5, 5.41) is 9.98. The Bertz CT molecular complexity index is 833. The number of anilines is 1. The van der Waals surface area contributed by atoms with Crippen molar-refractivity contribution in [1.29, 1.82) is 0 Å². The molecule has 0 saturated carbocycles. The van der Waals surface area contributed by atoms with Gasteiger partial charge >= 0.3 is 0 Å². The van der Waals surface area contributed by atoms with Crippen molar-refractivity contribution in [2.24, 2.45) is 0 Å². The Kier molecular flexibility index (Phi) is 4.51. The van der Waals surface area contributed by atoms with Gasteiger partial charge < -0.3 is 14.5 Å². The molecule has 1 N–H and O–H groups in total. The molecule has 1 amide bonds. The molecule has 0 aliphatic heterocycles. The molecule has 2 aromatic carbocycles. The molecule has 24 heavy (non-hydrogen) atoms. The Morgan fingerprint density at radius 3 is 2.71 bits per heavy atom. The third-order valence-electron chi connectivity index (χ3n) is 3.29. The lowest BCUT2D eigenvalue weighted by Crippen LogP contribution is -2.20. The van der Waals surface area contributed by atoms with Gasteiger partial charge in [0, 0.05) is 11.3 Å². The molecular weight excluding hydrogens is 313 g/mol. The Hall–Kier alpha value is -3.22. The maximum absolute atomic E-state index is 13.4. The van der Waals surface area contributed by atoms with Crippen LogP contribution in [-0.4, -0.2) is 22.7 Å². The highest BCUT2D eigenvalue weighted by Gasteiger charge is 2.07. The van der Waals surface area contributed by atoms with Crippen molar-refractivity contribution < 1.29 is 18.3 Å². The van der Waals surface area contributed by atoms with E-state index < -0.39 is 0 Å². The Morgan fingerprint density at radius 2 is 2.04 bits per heavy atom. The fourth-order valence-electron chi connectivity index (χ4n) is 2.01. The molecule has 0 spiro atoms. The molecular formula is C17H14FN3O3. The van der Waals surface area contributed by atoms with E-state index in [-0.39, 0.29) is 18.3 Å². The van der Waals surface area contributed by atoms with Crippen molar-refractivity contribution >= 4 is 11.6 Å². The maximum Gasteiger partial charge on any atom is 0.262 e. The van der Waals surface area contributed by atoms with Crippen LogP contribution in [0.4, 0.5) is 10.1 Å². The molecule has 0 saturated heterocycles. The fraction of sp³-hybridized carbons (Fsp3) is 0.118. The minimum absolute atomic E-state index is 0.185. The second kappa shape index (κ2) is 6.91. The number of hydrogen-bond donors (Lipinski definition) is 1. The van der Waals surface area contributed by atoms with Gasteiger partial charge in [-0.25, -0.2) is 4.39 Å². The number of nitrogens with zero attached hydrogens (tertiary/aromatic N) is 2. The third kappa shape index (κ3) is 3.75. The van der Waals surface area contributed by atoms with E-state index in [1.807, 2.05) is 0 Å². The summed E-state index contributed by atoms with van der Waals surface area (Å²) in [5.74, 6) is 0.175. The number of hydrogen-bond acceptors (Lipinski definition) is 5. The van der Waals surface area contributed by atoms with Crippen LogP contribution in [0.15, 0.2) is 53.3 Å². The van der Waals surface area contributed by atoms with Crippen molar-refractivity contribution in [2.75, 3.05) is 11.9 Å². The summed E-state index contributed by atoms with van der Waals surface area (Å²) in [6.45, 7) is 1.47. The van der Waals surface area contributed by atoms with E-state index in [4.69, 9.17) is 9.15 Å². The number of rotatable bonds is 5. The van der Waals surface area contributed by atoms with Crippen LogP contribution in [0.3, 0.4) is 0 Å². The molecule has 0 bridgehead atoms. The normalized spacial score (nSPS) is 10.4. The van der Waals surface area contributed by atoms with Crippen LogP contribution in [0.25, 0.3) is 11.5 Å². The summed E-state index contributed by atoms with van der Waals surface area (Å²) in [6.07, 6.45) is 1.25. The lowest BCUT2D eigenvalue weighted by molar-refractivity contribution is -0.118. The Morgan fingerprint density at radius 1 is 1.25 bits per heavy atom. The van der Waals surface area contributed by atoms with Gasteiger partial charge in [-0.15, -0.1) is 10.2 Å². The van der Waals surface area contributed by atoms with Gasteiger partial charge in [-0.3, -0.25) is 4.79 Å². The third-order valence-corrected chi connectivity index (χ3v) is 3.29. The molecule has 0 atom stereocenters. The molecule has 1 heterocycles. The van der Waals surface area contributed by atoms with Gasteiger partial charge in [0.25, 0.3) is 5.91 Å². The molecule has 7 heteroatoms. The number of carbonyl (C=O) groups excluding carboxylic acids is 1. The van der Waals surface area contributed by atoms with E-state index >= 15 is 0 Å². The van der Waals surface area contributed by atoms with E-state index in [1.54, 1.807) is 43.3 Å². The zero-order valence-electron chi connectivity index (χ0n) is 12.8. The van der Waals surface area contributed by atoms with Crippen LogP contribution in [-0.2, 0) is 4.79 Å². The number of nitrogens with one attached hydrogen (secondary N) is 1. The molecule has 122 valence electrons. The van der Waals surface area contributed by atoms with Crippen LogP contribution < -0.4 is 10.1 Å². The molecule has 0 fully saturated rings. The molecule has 3 rings (SSSR count). The fourth-order valence-corrected chi connectivity index (χ4v) is 2.01. The SMILES string of the molecule is Cc1ccc(NC(=O)COc2ccc(-c3nnco3)cc2)cc1F. The molecule has 0 aliphatic carbocycles. The zero-order chi connectivity index (χ0) is 16.9. The molecule has 0 aliphatic rings. The summed E-state index contributed by atoms with van der Waals surface area (Å²) in [4.78, 5) is 11.8. The lowest BCUT2D eigenvalue weighted by atomic mass is 10.2. The first-order valence-electron chi connectivity index (χ1n) is 7.17. The summed E-state index contributed by atoms with van der Waals surface area (Å²) >= 11 is 0. The van der Waals surface area contributed by atoms with E-state index in [0.29, 0.717) is 22.9 Å². The van der Waals surface area contributed by atoms with Crippen LogP contribution in [0.2, 0.25) is 0 Å². The monoisotopic (exact) mass is 327 g/mol. The van der Waals surface area contributed by atoms with Crippen molar-refractivity contribution in [1.82, 2.24) is 10.2 Å². The van der Waals surface area contributed by atoms with Crippen LogP contribution >= 0.6 is 0 Å². The minimum atomic E-state index is -0.376. The van der Waals surface area contributed by atoms with Crippen molar-refractivity contribution in [2.45, 2.75) is 6.92 Å². The van der Waals surface area contributed by atoms with E-state index in [0.717, 1.165) is 5.56 Å². The first kappa shape index (κ1) is 15.7. The van der Waals surface area contributed by atoms with Gasteiger partial charge in [-0.1, -0.05) is 6.07 Å². The van der Waals surface area contributed by atoms with E-state index in [2.05, 4.69) is 15.5 Å². The molecule has 1 aromatic heterocycles. The van der Waals surface area contributed by atoms with Gasteiger partial charge in [0.2, 0.25) is 12.3 Å². The smallest absolute Gasteiger partial charge is 0.262 e. The second-order valence-corrected chi connectivity index (χ2v) is 5.07. The summed E-state index contributed by atoms with van der Waals surface area (Å²) in [5.41, 5.74) is 1.66. The van der Waals surface area contributed by atoms with E-state index in [9.17, 15) is 9.18 Å². The number of aryl methyl sites for hydroxylation is 1. The van der Waals surface area contributed by atoms with Gasteiger partial charge in [-0.05, 0) is 48.9 Å². The van der Waals surface area contributed by atoms with Crippen molar-refractivity contribution in [3.05, 3.63) is 60.2 Å². The summed E-state index contributed by atoms with van der Waals surface area (Å²) in [7, 11) is 0. The maximum atomic E-state index is 13.4. The largest absolute Gasteiger partial charge is 0.484 e. The van der Waals surface area contributed by atoms with Gasteiger partial charge in [0.1, 0.15) is 11.6 Å². The van der Waals surface area contributed by atoms with Gasteiger partial charge in [0.05, 0.1) is 0 Å². The highest BCUT2D eigenvalue weighted by molar-refractivity contribution is 5.91. The second-order valence-electron chi connectivity index (χ2n) is 5.07. The summed E-state index contributed by atoms with van der Waals surface area (Å²) < 4.78 is 23.9. The molecule has 0 radical (unpaired) electrons. The standard InChI is InChI=1S/C17H14FN3O3/c1-11-2-5-13(8-15(11)18)20-16(22)9-23-14-6-3-12(4-7-14)17-21-19-10-24-17/h2-8,10H,9H2,1H3,(H,20,22). The number of benzene rings is 2. The topological polar surface area (TPSA) is 77.2 Å². The van der Waals surface area contributed by atoms with Crippen LogP contribution in [0, 0.1) is 12.7 Å². The number of aromatic nitrogens is 2. The lowest BCUT2D eigenvalue weighted by Gasteiger charge is -2.08. The summed E-state index contributed by atoms with van der Waals surface area (Å²) in [6, 6.07) is 11.4. The first-order valence-corrected chi connectivity index (χ1v) is 7.17. The minimum Gasteiger partial charge on any atom is -0.484 e. The number of halogens is 1. The first-order chi connectivity index (χ1) is 11.6. The van der Waals surface area contributed by atoms with Crippen LogP contribution in [0.5, 0.6) is 5.75 Å². The van der Waals surface area contributed by atoms with Crippen LogP contribution in [0.1, 0.15) is 5.56 Å². The molecule has 6 nitrogen and oxygen atoms in total. The average molecular weight is 327 g/mol. The molecule has 0 unspecified atom stereocenters. The highest BCUT2D eigenvalue weighted by Crippen LogP contribution is 2.20. The molecule has 3 aromatic rings. The predicted octanol–water partition coefficient (Wildman–Crippen LogP) is 3.20.